The summed E-state index contributed by atoms with van der Waals surface area (Å²) in [4.78, 5) is 13.8. The summed E-state index contributed by atoms with van der Waals surface area (Å²) in [5, 5.41) is 18.7. The van der Waals surface area contributed by atoms with Crippen molar-refractivity contribution >= 4 is 16.8 Å². The van der Waals surface area contributed by atoms with Crippen LogP contribution in [0.25, 0.3) is 22.4 Å². The lowest BCUT2D eigenvalue weighted by Crippen LogP contribution is -2.23. The molecule has 0 aliphatic heterocycles. The molecule has 1 N–H and O–H groups in total. The third-order valence-electron chi connectivity index (χ3n) is 10.00. The van der Waals surface area contributed by atoms with E-state index in [9.17, 15) is 9.90 Å². The third kappa shape index (κ3) is 9.75. The summed E-state index contributed by atoms with van der Waals surface area (Å²) in [6.45, 7) is 6.91. The predicted octanol–water partition coefficient (Wildman–Crippen LogP) is 9.66. The van der Waals surface area contributed by atoms with Gasteiger partial charge in [0.2, 0.25) is 5.43 Å². The maximum Gasteiger partial charge on any atom is 0.223 e. The van der Waals surface area contributed by atoms with Crippen LogP contribution in [0.3, 0.4) is 0 Å². The Balaban J connectivity index is 0.976. The number of aromatic nitrogens is 4. The molecule has 0 radical (unpaired) electrons. The van der Waals surface area contributed by atoms with Gasteiger partial charge < -0.3 is 19.3 Å². The van der Waals surface area contributed by atoms with E-state index in [1.807, 2.05) is 15.4 Å². The SMILES string of the molecule is CC/C(=C(\c1ccccc1)c1ccc(OCCN(C)c2cccc(-c3cn(CCCCCCCn4ccc(=O)c(O)c4C)nn3)c2)cc1)c1ccccc1. The Morgan fingerprint density at radius 2 is 1.44 bits per heavy atom. The molecule has 0 aliphatic carbocycles. The number of benzene rings is 4. The topological polar surface area (TPSA) is 85.4 Å². The van der Waals surface area contributed by atoms with Gasteiger partial charge in [-0.25, -0.2) is 0 Å². The summed E-state index contributed by atoms with van der Waals surface area (Å²) >= 11 is 0. The molecular formula is C46H51N5O3. The number of hydrogen-bond acceptors (Lipinski definition) is 6. The number of aryl methyl sites for hydroxylation is 2. The van der Waals surface area contributed by atoms with Crippen LogP contribution in [-0.2, 0) is 13.1 Å². The largest absolute Gasteiger partial charge is 0.503 e. The van der Waals surface area contributed by atoms with Crippen LogP contribution >= 0.6 is 0 Å². The molecule has 2 heterocycles. The zero-order chi connectivity index (χ0) is 37.7. The average molecular weight is 722 g/mol. The van der Waals surface area contributed by atoms with Crippen LogP contribution in [0.2, 0.25) is 0 Å². The summed E-state index contributed by atoms with van der Waals surface area (Å²) in [5.74, 6) is 0.702. The number of hydrogen-bond donors (Lipinski definition) is 1. The zero-order valence-corrected chi connectivity index (χ0v) is 31.7. The van der Waals surface area contributed by atoms with Crippen molar-refractivity contribution in [3.63, 3.8) is 0 Å². The number of likely N-dealkylation sites (N-methyl/N-ethyl adjacent to an activating group) is 1. The minimum absolute atomic E-state index is 0.150. The number of allylic oxidation sites excluding steroid dienone is 1. The second-order valence-corrected chi connectivity index (χ2v) is 13.7. The van der Waals surface area contributed by atoms with Crippen LogP contribution < -0.4 is 15.1 Å². The standard InChI is InChI=1S/C46H51N5O3/c1-4-42(36-17-10-8-11-18-36)45(37-19-12-9-13-20-37)38-23-25-41(26-24-38)54-32-31-49(3)40-22-16-21-39(33-40)43-34-51(48-47-43)29-15-7-5-6-14-28-50-30-27-44(52)46(53)35(50)2/h8-13,16-27,30,33-34,53H,4-7,14-15,28-29,31-32H2,1-3H3/b45-42-. The maximum absolute atomic E-state index is 11.6. The second-order valence-electron chi connectivity index (χ2n) is 13.7. The fourth-order valence-corrected chi connectivity index (χ4v) is 6.87. The third-order valence-corrected chi connectivity index (χ3v) is 10.00. The first-order chi connectivity index (χ1) is 26.4. The molecule has 0 saturated carbocycles. The van der Waals surface area contributed by atoms with Gasteiger partial charge in [-0.15, -0.1) is 5.10 Å². The maximum atomic E-state index is 11.6. The normalized spacial score (nSPS) is 11.7. The molecule has 0 saturated heterocycles. The van der Waals surface area contributed by atoms with Crippen molar-refractivity contribution in [2.45, 2.75) is 65.5 Å². The monoisotopic (exact) mass is 721 g/mol. The molecule has 0 amide bonds. The number of anilines is 1. The van der Waals surface area contributed by atoms with E-state index < -0.39 is 0 Å². The highest BCUT2D eigenvalue weighted by atomic mass is 16.5. The van der Waals surface area contributed by atoms with Gasteiger partial charge in [-0.05, 0) is 78.3 Å². The first-order valence-electron chi connectivity index (χ1n) is 19.1. The molecule has 6 aromatic rings. The van der Waals surface area contributed by atoms with E-state index in [0.29, 0.717) is 12.3 Å². The van der Waals surface area contributed by atoms with E-state index in [-0.39, 0.29) is 11.2 Å². The number of pyridine rings is 1. The van der Waals surface area contributed by atoms with Crippen molar-refractivity contribution in [3.8, 4) is 22.8 Å². The van der Waals surface area contributed by atoms with Gasteiger partial charge >= 0.3 is 0 Å². The summed E-state index contributed by atoms with van der Waals surface area (Å²) in [7, 11) is 2.08. The fraction of sp³-hybridized carbons (Fsp3) is 0.283. The van der Waals surface area contributed by atoms with Gasteiger partial charge in [0.1, 0.15) is 18.1 Å². The molecule has 54 heavy (non-hydrogen) atoms. The average Bonchev–Trinajstić information content (AvgIpc) is 3.69. The van der Waals surface area contributed by atoms with Crippen molar-refractivity contribution in [2.75, 3.05) is 25.1 Å². The van der Waals surface area contributed by atoms with Gasteiger partial charge in [0.15, 0.2) is 5.75 Å². The highest BCUT2D eigenvalue weighted by molar-refractivity contribution is 5.98. The molecule has 4 aromatic carbocycles. The van der Waals surface area contributed by atoms with Crippen molar-refractivity contribution in [3.05, 3.63) is 160 Å². The predicted molar refractivity (Wildman–Crippen MR) is 220 cm³/mol. The Kier molecular flexibility index (Phi) is 13.1. The zero-order valence-electron chi connectivity index (χ0n) is 31.7. The summed E-state index contributed by atoms with van der Waals surface area (Å²) < 4.78 is 10.1. The number of unbranched alkanes of at least 4 members (excludes halogenated alkanes) is 4. The molecule has 0 spiro atoms. The molecule has 0 atom stereocenters. The van der Waals surface area contributed by atoms with E-state index in [2.05, 4.69) is 138 Å². The molecule has 0 unspecified atom stereocenters. The van der Waals surface area contributed by atoms with Gasteiger partial charge in [0, 0.05) is 43.7 Å². The van der Waals surface area contributed by atoms with E-state index in [4.69, 9.17) is 4.74 Å². The highest BCUT2D eigenvalue weighted by Gasteiger charge is 2.14. The van der Waals surface area contributed by atoms with Crippen molar-refractivity contribution in [2.24, 2.45) is 0 Å². The molecule has 0 fully saturated rings. The summed E-state index contributed by atoms with van der Waals surface area (Å²) in [6, 6.07) is 39.6. The lowest BCUT2D eigenvalue weighted by Gasteiger charge is -2.20. The Hall–Kier alpha value is -5.89. The summed E-state index contributed by atoms with van der Waals surface area (Å²) in [6.07, 6.45) is 10.1. The molecule has 0 aliphatic rings. The van der Waals surface area contributed by atoms with Crippen molar-refractivity contribution in [1.82, 2.24) is 19.6 Å². The number of ether oxygens (including phenoxy) is 1. The first kappa shape index (κ1) is 37.9. The lowest BCUT2D eigenvalue weighted by molar-refractivity contribution is 0.326. The molecule has 6 rings (SSSR count). The van der Waals surface area contributed by atoms with E-state index in [1.165, 1.54) is 33.9 Å². The van der Waals surface area contributed by atoms with E-state index in [1.54, 1.807) is 13.1 Å². The summed E-state index contributed by atoms with van der Waals surface area (Å²) in [5.41, 5.74) is 9.51. The Morgan fingerprint density at radius 1 is 0.778 bits per heavy atom. The van der Waals surface area contributed by atoms with Crippen LogP contribution in [-0.4, -0.2) is 44.9 Å². The lowest BCUT2D eigenvalue weighted by atomic mass is 9.88. The fourth-order valence-electron chi connectivity index (χ4n) is 6.87. The minimum Gasteiger partial charge on any atom is -0.503 e. The first-order valence-corrected chi connectivity index (χ1v) is 19.1. The van der Waals surface area contributed by atoms with Crippen LogP contribution in [0, 0.1) is 6.92 Å². The smallest absolute Gasteiger partial charge is 0.223 e. The van der Waals surface area contributed by atoms with Gasteiger partial charge in [-0.3, -0.25) is 9.48 Å². The number of aromatic hydroxyl groups is 1. The van der Waals surface area contributed by atoms with Gasteiger partial charge in [-0.1, -0.05) is 116 Å². The van der Waals surface area contributed by atoms with Gasteiger partial charge in [-0.2, -0.15) is 0 Å². The second kappa shape index (κ2) is 18.7. The quantitative estimate of drug-likeness (QED) is 0.0703. The molecule has 8 nitrogen and oxygen atoms in total. The number of rotatable bonds is 18. The molecule has 0 bridgehead atoms. The minimum atomic E-state index is -0.323. The van der Waals surface area contributed by atoms with E-state index >= 15 is 0 Å². The molecule has 8 heteroatoms. The van der Waals surface area contributed by atoms with Crippen molar-refractivity contribution in [1.29, 1.82) is 0 Å². The highest BCUT2D eigenvalue weighted by Crippen LogP contribution is 2.35. The van der Waals surface area contributed by atoms with Gasteiger partial charge in [0.25, 0.3) is 0 Å². The van der Waals surface area contributed by atoms with Gasteiger partial charge in [0.05, 0.1) is 18.4 Å². The Morgan fingerprint density at radius 3 is 2.17 bits per heavy atom. The van der Waals surface area contributed by atoms with Crippen LogP contribution in [0.1, 0.15) is 67.8 Å². The Labute approximate surface area is 319 Å². The number of nitrogens with zero attached hydrogens (tertiary/aromatic N) is 5. The molecular weight excluding hydrogens is 671 g/mol. The molecule has 278 valence electrons. The van der Waals surface area contributed by atoms with Crippen molar-refractivity contribution < 1.29 is 9.84 Å². The van der Waals surface area contributed by atoms with Crippen LogP contribution in [0.4, 0.5) is 5.69 Å². The van der Waals surface area contributed by atoms with Crippen LogP contribution in [0.5, 0.6) is 11.5 Å². The Bertz CT molecular complexity index is 2170. The van der Waals surface area contributed by atoms with Crippen LogP contribution in [0.15, 0.2) is 132 Å². The van der Waals surface area contributed by atoms with E-state index in [0.717, 1.165) is 80.9 Å². The molecule has 2 aromatic heterocycles.